The maximum Gasteiger partial charge on any atom is 0.224 e. The molecule has 0 unspecified atom stereocenters. The lowest BCUT2D eigenvalue weighted by Crippen LogP contribution is -2.11. The Morgan fingerprint density at radius 1 is 1.12 bits per heavy atom. The van der Waals surface area contributed by atoms with Crippen molar-refractivity contribution in [3.05, 3.63) is 66.7 Å². The second-order valence-corrected chi connectivity index (χ2v) is 5.61. The van der Waals surface area contributed by atoms with Gasteiger partial charge in [0, 0.05) is 24.1 Å². The Bertz CT molecular complexity index is 810. The minimum absolute atomic E-state index is 0.0278. The third-order valence-corrected chi connectivity index (χ3v) is 3.78. The molecule has 1 N–H and O–H groups in total. The Balaban J connectivity index is 1.46. The van der Waals surface area contributed by atoms with Crippen molar-refractivity contribution < 1.29 is 13.9 Å². The van der Waals surface area contributed by atoms with E-state index >= 15 is 0 Å². The average molecular weight is 336 g/mol. The number of ether oxygens (including phenoxy) is 1. The largest absolute Gasteiger partial charge is 0.497 e. The van der Waals surface area contributed by atoms with Crippen LogP contribution in [0.15, 0.2) is 65.2 Å². The van der Waals surface area contributed by atoms with Gasteiger partial charge in [-0.05, 0) is 30.7 Å². The molecule has 0 atom stereocenters. The number of carbonyl (C=O) groups excluding carboxylic acids is 1. The van der Waals surface area contributed by atoms with Crippen molar-refractivity contribution in [3.63, 3.8) is 0 Å². The van der Waals surface area contributed by atoms with Crippen molar-refractivity contribution in [1.82, 2.24) is 4.98 Å². The highest BCUT2D eigenvalue weighted by atomic mass is 16.5. The first-order valence-corrected chi connectivity index (χ1v) is 8.18. The Hall–Kier alpha value is -3.08. The first kappa shape index (κ1) is 16.8. The van der Waals surface area contributed by atoms with Crippen LogP contribution in [0.4, 0.5) is 5.69 Å². The first-order chi connectivity index (χ1) is 12.2. The number of aryl methyl sites for hydroxylation is 1. The molecule has 0 aliphatic carbocycles. The van der Waals surface area contributed by atoms with E-state index in [-0.39, 0.29) is 5.91 Å². The van der Waals surface area contributed by atoms with Crippen LogP contribution >= 0.6 is 0 Å². The Labute approximate surface area is 146 Å². The molecule has 3 aromatic rings. The third kappa shape index (κ3) is 4.70. The fourth-order valence-corrected chi connectivity index (χ4v) is 2.46. The van der Waals surface area contributed by atoms with Gasteiger partial charge in [0.2, 0.25) is 5.91 Å². The van der Waals surface area contributed by atoms with Crippen LogP contribution < -0.4 is 10.1 Å². The van der Waals surface area contributed by atoms with E-state index in [4.69, 9.17) is 9.15 Å². The molecule has 1 aromatic heterocycles. The number of amides is 1. The highest BCUT2D eigenvalue weighted by molar-refractivity contribution is 5.90. The third-order valence-electron chi connectivity index (χ3n) is 3.78. The fourth-order valence-electron chi connectivity index (χ4n) is 2.46. The van der Waals surface area contributed by atoms with Crippen LogP contribution in [0.3, 0.4) is 0 Å². The topological polar surface area (TPSA) is 64.4 Å². The van der Waals surface area contributed by atoms with Gasteiger partial charge in [-0.3, -0.25) is 4.79 Å². The molecule has 0 spiro atoms. The summed E-state index contributed by atoms with van der Waals surface area (Å²) in [6.07, 6.45) is 3.44. The molecule has 2 aromatic carbocycles. The van der Waals surface area contributed by atoms with Gasteiger partial charge in [0.15, 0.2) is 11.7 Å². The van der Waals surface area contributed by atoms with Gasteiger partial charge in [-0.25, -0.2) is 4.98 Å². The zero-order valence-corrected chi connectivity index (χ0v) is 14.1. The number of hydrogen-bond acceptors (Lipinski definition) is 4. The number of anilines is 1. The Kier molecular flexibility index (Phi) is 5.46. The number of nitrogens with one attached hydrogen (secondary N) is 1. The monoisotopic (exact) mass is 336 g/mol. The smallest absolute Gasteiger partial charge is 0.224 e. The zero-order valence-electron chi connectivity index (χ0n) is 14.1. The first-order valence-electron chi connectivity index (χ1n) is 8.18. The minimum atomic E-state index is -0.0278. The summed E-state index contributed by atoms with van der Waals surface area (Å²) < 4.78 is 10.8. The van der Waals surface area contributed by atoms with Crippen LogP contribution in [-0.4, -0.2) is 18.0 Å². The molecule has 25 heavy (non-hydrogen) atoms. The van der Waals surface area contributed by atoms with Crippen LogP contribution in [0, 0.1) is 0 Å². The number of carbonyl (C=O) groups is 1. The van der Waals surface area contributed by atoms with Gasteiger partial charge in [0.05, 0.1) is 13.3 Å². The second-order valence-electron chi connectivity index (χ2n) is 5.61. The molecule has 0 radical (unpaired) electrons. The molecule has 0 bridgehead atoms. The number of oxazole rings is 1. The van der Waals surface area contributed by atoms with Gasteiger partial charge in [-0.15, -0.1) is 0 Å². The van der Waals surface area contributed by atoms with E-state index in [0.717, 1.165) is 22.8 Å². The summed E-state index contributed by atoms with van der Waals surface area (Å²) >= 11 is 0. The van der Waals surface area contributed by atoms with Gasteiger partial charge in [0.1, 0.15) is 5.75 Å². The molecule has 1 heterocycles. The van der Waals surface area contributed by atoms with E-state index in [1.54, 1.807) is 13.3 Å². The Morgan fingerprint density at radius 2 is 1.88 bits per heavy atom. The molecule has 1 amide bonds. The van der Waals surface area contributed by atoms with E-state index in [1.165, 1.54) is 0 Å². The van der Waals surface area contributed by atoms with Gasteiger partial charge < -0.3 is 14.5 Å². The van der Waals surface area contributed by atoms with E-state index < -0.39 is 0 Å². The molecule has 5 heteroatoms. The van der Waals surface area contributed by atoms with Crippen molar-refractivity contribution in [3.8, 4) is 17.1 Å². The molecular formula is C20H20N2O3. The standard InChI is InChI=1S/C20H20N2O3/c1-24-17-12-10-16(11-13-17)22-19(23)8-5-9-20-21-14-18(25-20)15-6-3-2-4-7-15/h2-4,6-7,10-14H,5,8-9H2,1H3,(H,22,23). The van der Waals surface area contributed by atoms with Crippen LogP contribution in [0.2, 0.25) is 0 Å². The molecule has 0 saturated heterocycles. The number of hydrogen-bond donors (Lipinski definition) is 1. The summed E-state index contributed by atoms with van der Waals surface area (Å²) in [6, 6.07) is 17.1. The SMILES string of the molecule is COc1ccc(NC(=O)CCCc2ncc(-c3ccccc3)o2)cc1. The molecule has 0 fully saturated rings. The summed E-state index contributed by atoms with van der Waals surface area (Å²) in [7, 11) is 1.61. The fraction of sp³-hybridized carbons (Fsp3) is 0.200. The van der Waals surface area contributed by atoms with E-state index in [0.29, 0.717) is 25.2 Å². The van der Waals surface area contributed by atoms with Crippen molar-refractivity contribution in [1.29, 1.82) is 0 Å². The average Bonchev–Trinajstić information content (AvgIpc) is 3.12. The van der Waals surface area contributed by atoms with Crippen molar-refractivity contribution >= 4 is 11.6 Å². The van der Waals surface area contributed by atoms with E-state index in [9.17, 15) is 4.79 Å². The lowest BCUT2D eigenvalue weighted by molar-refractivity contribution is -0.116. The van der Waals surface area contributed by atoms with Crippen LogP contribution in [0.25, 0.3) is 11.3 Å². The van der Waals surface area contributed by atoms with Crippen LogP contribution in [-0.2, 0) is 11.2 Å². The number of benzene rings is 2. The van der Waals surface area contributed by atoms with Crippen molar-refractivity contribution in [2.45, 2.75) is 19.3 Å². The molecule has 0 aliphatic heterocycles. The maximum atomic E-state index is 12.0. The van der Waals surface area contributed by atoms with E-state index in [1.807, 2.05) is 54.6 Å². The molecule has 0 saturated carbocycles. The minimum Gasteiger partial charge on any atom is -0.497 e. The molecule has 0 aliphatic rings. The van der Waals surface area contributed by atoms with Crippen molar-refractivity contribution in [2.24, 2.45) is 0 Å². The highest BCUT2D eigenvalue weighted by Gasteiger charge is 2.08. The summed E-state index contributed by atoms with van der Waals surface area (Å²) in [6.45, 7) is 0. The summed E-state index contributed by atoms with van der Waals surface area (Å²) in [4.78, 5) is 16.3. The Morgan fingerprint density at radius 3 is 2.60 bits per heavy atom. The number of nitrogens with zero attached hydrogens (tertiary/aromatic N) is 1. The maximum absolute atomic E-state index is 12.0. The van der Waals surface area contributed by atoms with Gasteiger partial charge in [-0.1, -0.05) is 30.3 Å². The predicted molar refractivity (Wildman–Crippen MR) is 96.5 cm³/mol. The highest BCUT2D eigenvalue weighted by Crippen LogP contribution is 2.20. The summed E-state index contributed by atoms with van der Waals surface area (Å²) in [5, 5.41) is 2.87. The van der Waals surface area contributed by atoms with Gasteiger partial charge >= 0.3 is 0 Å². The zero-order chi connectivity index (χ0) is 17.5. The second kappa shape index (κ2) is 8.15. The lowest BCUT2D eigenvalue weighted by atomic mass is 10.2. The lowest BCUT2D eigenvalue weighted by Gasteiger charge is -2.05. The molecule has 3 rings (SSSR count). The van der Waals surface area contributed by atoms with Crippen LogP contribution in [0.1, 0.15) is 18.7 Å². The summed E-state index contributed by atoms with van der Waals surface area (Å²) in [5.74, 6) is 2.13. The predicted octanol–water partition coefficient (Wildman–Crippen LogP) is 4.31. The number of rotatable bonds is 7. The molecular weight excluding hydrogens is 316 g/mol. The normalized spacial score (nSPS) is 10.4. The quantitative estimate of drug-likeness (QED) is 0.698. The van der Waals surface area contributed by atoms with Crippen molar-refractivity contribution in [2.75, 3.05) is 12.4 Å². The molecule has 5 nitrogen and oxygen atoms in total. The van der Waals surface area contributed by atoms with Gasteiger partial charge in [-0.2, -0.15) is 0 Å². The van der Waals surface area contributed by atoms with E-state index in [2.05, 4.69) is 10.3 Å². The molecule has 128 valence electrons. The van der Waals surface area contributed by atoms with Gasteiger partial charge in [0.25, 0.3) is 0 Å². The number of methoxy groups -OCH3 is 1. The summed E-state index contributed by atoms with van der Waals surface area (Å²) in [5.41, 5.74) is 1.76. The number of aromatic nitrogens is 1. The van der Waals surface area contributed by atoms with Crippen LogP contribution in [0.5, 0.6) is 5.75 Å².